The first kappa shape index (κ1) is 19.9. The fourth-order valence-electron chi connectivity index (χ4n) is 4.12. The first-order valence-electron chi connectivity index (χ1n) is 9.55. The van der Waals surface area contributed by atoms with Crippen LogP contribution in [0.25, 0.3) is 16.3 Å². The van der Waals surface area contributed by atoms with Gasteiger partial charge in [0.1, 0.15) is 15.4 Å². The van der Waals surface area contributed by atoms with Crippen molar-refractivity contribution in [2.45, 2.75) is 22.6 Å². The third-order valence-corrected chi connectivity index (χ3v) is 8.83. The van der Waals surface area contributed by atoms with Gasteiger partial charge in [0.15, 0.2) is 0 Å². The van der Waals surface area contributed by atoms with Gasteiger partial charge < -0.3 is 5.11 Å². The lowest BCUT2D eigenvalue weighted by Crippen LogP contribution is -2.45. The zero-order valence-electron chi connectivity index (χ0n) is 16.3. The Kier molecular flexibility index (Phi) is 4.47. The Bertz CT molecular complexity index is 1360. The van der Waals surface area contributed by atoms with Gasteiger partial charge in [0.05, 0.1) is 4.88 Å². The largest absolute Gasteiger partial charge is 0.480 e. The van der Waals surface area contributed by atoms with Gasteiger partial charge in [-0.15, -0.1) is 11.3 Å². The molecule has 10 heteroatoms. The summed E-state index contributed by atoms with van der Waals surface area (Å²) in [7, 11) is -4.05. The van der Waals surface area contributed by atoms with Crippen molar-refractivity contribution < 1.29 is 18.3 Å². The molecule has 0 radical (unpaired) electrons. The van der Waals surface area contributed by atoms with Crippen LogP contribution >= 0.6 is 11.3 Å². The molecule has 2 N–H and O–H groups in total. The number of thiophene rings is 1. The van der Waals surface area contributed by atoms with Gasteiger partial charge in [-0.1, -0.05) is 37.3 Å². The molecule has 5 rings (SSSR count). The highest BCUT2D eigenvalue weighted by atomic mass is 32.2. The molecule has 3 aromatic heterocycles. The van der Waals surface area contributed by atoms with E-state index in [4.69, 9.17) is 0 Å². The van der Waals surface area contributed by atoms with Gasteiger partial charge in [-0.2, -0.15) is 4.72 Å². The number of nitrogens with zero attached hydrogens (tertiary/aromatic N) is 3. The van der Waals surface area contributed by atoms with Crippen molar-refractivity contribution >= 4 is 33.1 Å². The SMILES string of the molecule is CC1C(c2ccccc2)[C@]1(NS(=O)(=O)c1ccc(-c2cn3cccnc3n2)s1)C(=O)O. The van der Waals surface area contributed by atoms with Gasteiger partial charge in [-0.3, -0.25) is 9.20 Å². The maximum atomic E-state index is 13.1. The molecule has 1 fully saturated rings. The number of sulfonamides is 1. The minimum absolute atomic E-state index is 0.0408. The minimum Gasteiger partial charge on any atom is -0.480 e. The lowest BCUT2D eigenvalue weighted by molar-refractivity contribution is -0.140. The van der Waals surface area contributed by atoms with Crippen molar-refractivity contribution in [2.24, 2.45) is 5.92 Å². The number of carboxylic acids is 1. The van der Waals surface area contributed by atoms with Crippen LogP contribution < -0.4 is 4.72 Å². The normalized spacial score (nSPS) is 23.1. The smallest absolute Gasteiger partial charge is 0.325 e. The molecule has 3 heterocycles. The lowest BCUT2D eigenvalue weighted by atomic mass is 10.1. The van der Waals surface area contributed by atoms with Crippen LogP contribution in [0.4, 0.5) is 0 Å². The fraction of sp³-hybridized carbons (Fsp3) is 0.190. The summed E-state index contributed by atoms with van der Waals surface area (Å²) in [5.74, 6) is -1.49. The van der Waals surface area contributed by atoms with Crippen LogP contribution in [-0.4, -0.2) is 39.4 Å². The Morgan fingerprint density at radius 2 is 1.97 bits per heavy atom. The molecule has 158 valence electrons. The van der Waals surface area contributed by atoms with E-state index < -0.39 is 27.4 Å². The second-order valence-electron chi connectivity index (χ2n) is 7.53. The number of hydrogen-bond donors (Lipinski definition) is 2. The molecule has 31 heavy (non-hydrogen) atoms. The summed E-state index contributed by atoms with van der Waals surface area (Å²) >= 11 is 1.04. The van der Waals surface area contributed by atoms with Crippen molar-refractivity contribution in [1.29, 1.82) is 0 Å². The van der Waals surface area contributed by atoms with E-state index in [0.29, 0.717) is 16.3 Å². The van der Waals surface area contributed by atoms with Gasteiger partial charge in [-0.05, 0) is 29.7 Å². The number of aromatic nitrogens is 3. The van der Waals surface area contributed by atoms with E-state index in [1.165, 1.54) is 6.07 Å². The van der Waals surface area contributed by atoms with Crippen LogP contribution in [-0.2, 0) is 14.8 Å². The van der Waals surface area contributed by atoms with Crippen LogP contribution in [0.15, 0.2) is 71.3 Å². The highest BCUT2D eigenvalue weighted by Gasteiger charge is 2.70. The average Bonchev–Trinajstić information content (AvgIpc) is 3.16. The van der Waals surface area contributed by atoms with E-state index in [0.717, 1.165) is 16.9 Å². The Morgan fingerprint density at radius 3 is 2.68 bits per heavy atom. The van der Waals surface area contributed by atoms with Gasteiger partial charge in [0.25, 0.3) is 10.0 Å². The molecule has 1 aliphatic carbocycles. The molecule has 0 spiro atoms. The number of hydrogen-bond acceptors (Lipinski definition) is 6. The number of aliphatic carboxylic acids is 1. The van der Waals surface area contributed by atoms with E-state index in [-0.39, 0.29) is 10.1 Å². The Labute approximate surface area is 182 Å². The minimum atomic E-state index is -4.05. The van der Waals surface area contributed by atoms with Crippen LogP contribution in [0.5, 0.6) is 0 Å². The topological polar surface area (TPSA) is 114 Å². The number of nitrogens with one attached hydrogen (secondary N) is 1. The molecular weight excluding hydrogens is 436 g/mol. The predicted octanol–water partition coefficient (Wildman–Crippen LogP) is 2.99. The van der Waals surface area contributed by atoms with E-state index in [1.54, 1.807) is 42.0 Å². The summed E-state index contributed by atoms with van der Waals surface area (Å²) in [5, 5.41) is 9.94. The van der Waals surface area contributed by atoms with Gasteiger partial charge in [-0.25, -0.2) is 18.4 Å². The first-order chi connectivity index (χ1) is 14.8. The molecule has 3 atom stereocenters. The summed E-state index contributed by atoms with van der Waals surface area (Å²) in [6, 6.07) is 14.0. The second-order valence-corrected chi connectivity index (χ2v) is 10.5. The zero-order chi connectivity index (χ0) is 21.8. The molecule has 4 aromatic rings. The summed E-state index contributed by atoms with van der Waals surface area (Å²) in [6.07, 6.45) is 5.21. The Hall–Kier alpha value is -3.08. The molecule has 0 aliphatic heterocycles. The summed E-state index contributed by atoms with van der Waals surface area (Å²) in [4.78, 5) is 21.4. The standard InChI is InChI=1S/C21H18N4O4S2/c1-13-18(14-6-3-2-4-7-14)21(13,19(26)27)24-31(28,29)17-9-8-16(30-17)15-12-25-11-5-10-22-20(25)23-15/h2-13,18,24H,1H3,(H,26,27)/t13?,18?,21-/m0/s1. The van der Waals surface area contributed by atoms with E-state index >= 15 is 0 Å². The summed E-state index contributed by atoms with van der Waals surface area (Å²) in [5.41, 5.74) is -0.179. The zero-order valence-corrected chi connectivity index (χ0v) is 18.0. The second kappa shape index (κ2) is 6.98. The Morgan fingerprint density at radius 1 is 1.19 bits per heavy atom. The van der Waals surface area contributed by atoms with E-state index in [1.807, 2.05) is 30.3 Å². The van der Waals surface area contributed by atoms with Crippen molar-refractivity contribution in [3.8, 4) is 10.6 Å². The van der Waals surface area contributed by atoms with Crippen LogP contribution in [0, 0.1) is 5.92 Å². The highest BCUT2D eigenvalue weighted by Crippen LogP contribution is 2.58. The summed E-state index contributed by atoms with van der Waals surface area (Å²) < 4.78 is 30.5. The van der Waals surface area contributed by atoms with Crippen molar-refractivity contribution in [2.75, 3.05) is 0 Å². The van der Waals surface area contributed by atoms with Crippen molar-refractivity contribution in [3.63, 3.8) is 0 Å². The van der Waals surface area contributed by atoms with Gasteiger partial charge >= 0.3 is 5.97 Å². The van der Waals surface area contributed by atoms with Gasteiger partial charge in [0.2, 0.25) is 5.78 Å². The number of imidazole rings is 1. The highest BCUT2D eigenvalue weighted by molar-refractivity contribution is 7.91. The van der Waals surface area contributed by atoms with Crippen molar-refractivity contribution in [3.05, 3.63) is 72.7 Å². The molecule has 1 saturated carbocycles. The van der Waals surface area contributed by atoms with Crippen molar-refractivity contribution in [1.82, 2.24) is 19.1 Å². The first-order valence-corrected chi connectivity index (χ1v) is 11.8. The molecule has 1 aliphatic rings. The quantitative estimate of drug-likeness (QED) is 0.463. The fourth-order valence-corrected chi connectivity index (χ4v) is 6.84. The number of rotatable bonds is 6. The molecule has 0 saturated heterocycles. The van der Waals surface area contributed by atoms with E-state index in [2.05, 4.69) is 14.7 Å². The monoisotopic (exact) mass is 454 g/mol. The number of carboxylic acid groups (broad SMARTS) is 1. The van der Waals surface area contributed by atoms with Crippen LogP contribution in [0.1, 0.15) is 18.4 Å². The third kappa shape index (κ3) is 3.14. The molecule has 2 unspecified atom stereocenters. The maximum Gasteiger partial charge on any atom is 0.325 e. The summed E-state index contributed by atoms with van der Waals surface area (Å²) in [6.45, 7) is 1.75. The number of carbonyl (C=O) groups is 1. The molecule has 1 aromatic carbocycles. The molecular formula is C21H18N4O4S2. The molecule has 0 bridgehead atoms. The Balaban J connectivity index is 1.46. The van der Waals surface area contributed by atoms with Crippen LogP contribution in [0.3, 0.4) is 0 Å². The van der Waals surface area contributed by atoms with Gasteiger partial charge in [0, 0.05) is 24.5 Å². The third-order valence-electron chi connectivity index (χ3n) is 5.75. The average molecular weight is 455 g/mol. The predicted molar refractivity (Wildman–Crippen MR) is 115 cm³/mol. The van der Waals surface area contributed by atoms with E-state index in [9.17, 15) is 18.3 Å². The molecule has 8 nitrogen and oxygen atoms in total. The van der Waals surface area contributed by atoms with Crippen LogP contribution in [0.2, 0.25) is 0 Å². The number of fused-ring (bicyclic) bond motifs is 1. The lowest BCUT2D eigenvalue weighted by Gasteiger charge is -2.15. The molecule has 0 amide bonds. The maximum absolute atomic E-state index is 13.1. The number of benzene rings is 1.